The summed E-state index contributed by atoms with van der Waals surface area (Å²) in [6.45, 7) is 0. The number of rotatable bonds is 1. The van der Waals surface area contributed by atoms with Crippen LogP contribution < -0.4 is 0 Å². The minimum Gasteiger partial charge on any atom is -0.0616 e. The van der Waals surface area contributed by atoms with Gasteiger partial charge in [-0.3, -0.25) is 0 Å². The van der Waals surface area contributed by atoms with Crippen LogP contribution in [0.1, 0.15) is 0 Å². The molecule has 38 heavy (non-hydrogen) atoms. The smallest absolute Gasteiger partial charge is 0.00199 e. The molecule has 0 amide bonds. The fourth-order valence-electron chi connectivity index (χ4n) is 7.03. The highest BCUT2D eigenvalue weighted by Crippen LogP contribution is 2.50. The fraction of sp³-hybridized carbons (Fsp3) is 0. The number of hydrogen-bond donors (Lipinski definition) is 0. The van der Waals surface area contributed by atoms with Crippen molar-refractivity contribution in [3.8, 4) is 33.4 Å². The quantitative estimate of drug-likeness (QED) is 0.206. The first kappa shape index (κ1) is 20.2. The summed E-state index contributed by atoms with van der Waals surface area (Å²) in [6, 6.07) is 49.5. The van der Waals surface area contributed by atoms with E-state index in [0.29, 0.717) is 0 Å². The molecule has 0 saturated carbocycles. The summed E-state index contributed by atoms with van der Waals surface area (Å²) in [7, 11) is 0. The van der Waals surface area contributed by atoms with Gasteiger partial charge in [0.1, 0.15) is 0 Å². The van der Waals surface area contributed by atoms with E-state index in [1.165, 1.54) is 87.2 Å². The van der Waals surface area contributed by atoms with E-state index in [1.54, 1.807) is 0 Å². The lowest BCUT2D eigenvalue weighted by Crippen LogP contribution is -1.90. The Balaban J connectivity index is 1.48. The van der Waals surface area contributed by atoms with E-state index < -0.39 is 0 Å². The fourth-order valence-corrected chi connectivity index (χ4v) is 7.03. The van der Waals surface area contributed by atoms with Gasteiger partial charge in [0, 0.05) is 0 Å². The van der Waals surface area contributed by atoms with Crippen molar-refractivity contribution in [2.75, 3.05) is 0 Å². The summed E-state index contributed by atoms with van der Waals surface area (Å²) in [5.74, 6) is 0. The zero-order valence-corrected chi connectivity index (χ0v) is 20.7. The van der Waals surface area contributed by atoms with Gasteiger partial charge in [0.05, 0.1) is 0 Å². The predicted octanol–water partition coefficient (Wildman–Crippen LogP) is 10.8. The molecular weight excluding hydrogens is 456 g/mol. The van der Waals surface area contributed by atoms with Gasteiger partial charge in [0.15, 0.2) is 0 Å². The minimum absolute atomic E-state index is 1.30. The van der Waals surface area contributed by atoms with Crippen molar-refractivity contribution in [1.29, 1.82) is 0 Å². The van der Waals surface area contributed by atoms with E-state index in [9.17, 15) is 0 Å². The van der Waals surface area contributed by atoms with E-state index in [2.05, 4.69) is 133 Å². The zero-order valence-electron chi connectivity index (χ0n) is 20.7. The van der Waals surface area contributed by atoms with Gasteiger partial charge in [-0.15, -0.1) is 0 Å². The maximum absolute atomic E-state index is 2.46. The van der Waals surface area contributed by atoms with Crippen molar-refractivity contribution in [2.24, 2.45) is 0 Å². The third kappa shape index (κ3) is 2.50. The molecule has 174 valence electrons. The second-order valence-corrected chi connectivity index (χ2v) is 10.4. The van der Waals surface area contributed by atoms with Crippen LogP contribution in [0.3, 0.4) is 0 Å². The highest BCUT2D eigenvalue weighted by Gasteiger charge is 2.23. The van der Waals surface area contributed by atoms with Crippen molar-refractivity contribution in [2.45, 2.75) is 0 Å². The molecular formula is C38H22. The van der Waals surface area contributed by atoms with Gasteiger partial charge in [-0.2, -0.15) is 0 Å². The van der Waals surface area contributed by atoms with Crippen LogP contribution in [-0.4, -0.2) is 0 Å². The number of benzene rings is 8. The molecule has 0 bridgehead atoms. The first-order valence-corrected chi connectivity index (χ1v) is 13.3. The Bertz CT molecular complexity index is 2250. The van der Waals surface area contributed by atoms with Crippen molar-refractivity contribution in [3.05, 3.63) is 133 Å². The second kappa shape index (κ2) is 7.31. The standard InChI is InChI=1S/C38H22/c1-4-14-27-23(10-1)24-11-5-7-16-30(24)38-31-17-8-6-15-28(31)35(22-36(27)38)29-20-21-34-26-13-3-2-12-25(26)32-18-9-19-33(29)37(32)34/h1-22H. The Morgan fingerprint density at radius 3 is 1.37 bits per heavy atom. The average molecular weight is 479 g/mol. The molecule has 8 aromatic carbocycles. The molecule has 0 unspecified atom stereocenters. The summed E-state index contributed by atoms with van der Waals surface area (Å²) in [5, 5.41) is 13.2. The molecule has 0 nitrogen and oxygen atoms in total. The zero-order chi connectivity index (χ0) is 24.8. The van der Waals surface area contributed by atoms with Gasteiger partial charge in [0.2, 0.25) is 0 Å². The molecule has 0 fully saturated rings. The summed E-state index contributed by atoms with van der Waals surface area (Å²) in [6.07, 6.45) is 0. The first-order valence-electron chi connectivity index (χ1n) is 13.3. The van der Waals surface area contributed by atoms with Crippen LogP contribution in [0.15, 0.2) is 133 Å². The highest BCUT2D eigenvalue weighted by atomic mass is 14.3. The van der Waals surface area contributed by atoms with Gasteiger partial charge < -0.3 is 0 Å². The largest absolute Gasteiger partial charge is 0.0616 e. The Morgan fingerprint density at radius 1 is 0.211 bits per heavy atom. The molecule has 1 aliphatic carbocycles. The molecule has 0 atom stereocenters. The maximum atomic E-state index is 2.46. The van der Waals surface area contributed by atoms with Crippen molar-refractivity contribution >= 4 is 53.9 Å². The van der Waals surface area contributed by atoms with Gasteiger partial charge in [-0.25, -0.2) is 0 Å². The van der Waals surface area contributed by atoms with E-state index in [4.69, 9.17) is 0 Å². The maximum Gasteiger partial charge on any atom is -0.00199 e. The number of hydrogen-bond acceptors (Lipinski definition) is 0. The van der Waals surface area contributed by atoms with Gasteiger partial charge >= 0.3 is 0 Å². The van der Waals surface area contributed by atoms with E-state index in [-0.39, 0.29) is 0 Å². The minimum atomic E-state index is 1.30. The van der Waals surface area contributed by atoms with Crippen molar-refractivity contribution < 1.29 is 0 Å². The van der Waals surface area contributed by atoms with Crippen LogP contribution in [0.5, 0.6) is 0 Å². The highest BCUT2D eigenvalue weighted by molar-refractivity contribution is 6.33. The Labute approximate surface area is 220 Å². The molecule has 0 aliphatic heterocycles. The molecule has 0 spiro atoms. The summed E-state index contributed by atoms with van der Waals surface area (Å²) in [4.78, 5) is 0. The lowest BCUT2D eigenvalue weighted by molar-refractivity contribution is 1.69. The molecule has 0 heteroatoms. The molecule has 0 aromatic heterocycles. The van der Waals surface area contributed by atoms with Crippen LogP contribution in [-0.2, 0) is 0 Å². The third-order valence-corrected chi connectivity index (χ3v) is 8.59. The van der Waals surface area contributed by atoms with E-state index in [0.717, 1.165) is 0 Å². The van der Waals surface area contributed by atoms with Gasteiger partial charge in [-0.1, -0.05) is 127 Å². The molecule has 1 aliphatic rings. The van der Waals surface area contributed by atoms with Crippen molar-refractivity contribution in [1.82, 2.24) is 0 Å². The summed E-state index contributed by atoms with van der Waals surface area (Å²) < 4.78 is 0. The van der Waals surface area contributed by atoms with Gasteiger partial charge in [-0.05, 0) is 93.3 Å². The van der Waals surface area contributed by atoms with Gasteiger partial charge in [0.25, 0.3) is 0 Å². The third-order valence-electron chi connectivity index (χ3n) is 8.59. The topological polar surface area (TPSA) is 0 Å². The van der Waals surface area contributed by atoms with E-state index >= 15 is 0 Å². The summed E-state index contributed by atoms with van der Waals surface area (Å²) in [5.41, 5.74) is 7.96. The average Bonchev–Trinajstić information content (AvgIpc) is 3.32. The SMILES string of the molecule is c1ccc2c(c1)-c1cccc3c(-c4cc5c6ccccc6c6ccccc6c5c5ccccc45)ccc-2c13. The van der Waals surface area contributed by atoms with Crippen LogP contribution in [0.2, 0.25) is 0 Å². The summed E-state index contributed by atoms with van der Waals surface area (Å²) >= 11 is 0. The van der Waals surface area contributed by atoms with Crippen LogP contribution in [0.25, 0.3) is 87.2 Å². The van der Waals surface area contributed by atoms with E-state index in [1.807, 2.05) is 0 Å². The molecule has 0 radical (unpaired) electrons. The molecule has 0 N–H and O–H groups in total. The Hall–Kier alpha value is -4.94. The Morgan fingerprint density at radius 2 is 0.658 bits per heavy atom. The van der Waals surface area contributed by atoms with Crippen LogP contribution in [0, 0.1) is 0 Å². The van der Waals surface area contributed by atoms with Crippen LogP contribution >= 0.6 is 0 Å². The lowest BCUT2D eigenvalue weighted by Gasteiger charge is -2.17. The van der Waals surface area contributed by atoms with Crippen molar-refractivity contribution in [3.63, 3.8) is 0 Å². The lowest BCUT2D eigenvalue weighted by atomic mass is 9.86. The molecule has 8 aromatic rings. The Kier molecular flexibility index (Phi) is 3.88. The second-order valence-electron chi connectivity index (χ2n) is 10.4. The monoisotopic (exact) mass is 478 g/mol. The van der Waals surface area contributed by atoms with Crippen LogP contribution in [0.4, 0.5) is 0 Å². The normalized spacial score (nSPS) is 12.2. The molecule has 0 saturated heterocycles. The molecule has 0 heterocycles. The molecule has 9 rings (SSSR count). The predicted molar refractivity (Wildman–Crippen MR) is 164 cm³/mol. The number of fused-ring (bicyclic) bond motifs is 11. The first-order chi connectivity index (χ1) is 18.9.